The van der Waals surface area contributed by atoms with Crippen LogP contribution in [0.15, 0.2) is 0 Å². The zero-order chi connectivity index (χ0) is 10.1. The molecule has 0 spiro atoms. The molecule has 3 nitrogen and oxygen atoms in total. The van der Waals surface area contributed by atoms with Crippen molar-refractivity contribution in [3.05, 3.63) is 0 Å². The van der Waals surface area contributed by atoms with Crippen molar-refractivity contribution in [1.29, 1.82) is 0 Å². The first-order chi connectivity index (χ1) is 6.20. The first kappa shape index (κ1) is 12.9. The molecule has 0 atom stereocenters. The van der Waals surface area contributed by atoms with E-state index in [1.165, 1.54) is 13.0 Å². The molecule has 0 rings (SSSR count). The van der Waals surface area contributed by atoms with Crippen molar-refractivity contribution in [1.82, 2.24) is 9.80 Å². The highest BCUT2D eigenvalue weighted by Gasteiger charge is 2.00. The van der Waals surface area contributed by atoms with Crippen LogP contribution in [0.4, 0.5) is 0 Å². The standard InChI is InChI=1S/C10H24N2O/c1-5-6-11(2)7-8-12(3)9-10-13-4/h5-10H2,1-4H3. The Bertz CT molecular complexity index is 109. The van der Waals surface area contributed by atoms with Gasteiger partial charge < -0.3 is 14.5 Å². The zero-order valence-electron chi connectivity index (χ0n) is 9.55. The monoisotopic (exact) mass is 188 g/mol. The summed E-state index contributed by atoms with van der Waals surface area (Å²) in [4.78, 5) is 4.67. The van der Waals surface area contributed by atoms with E-state index in [2.05, 4.69) is 30.8 Å². The van der Waals surface area contributed by atoms with Crippen molar-refractivity contribution in [3.8, 4) is 0 Å². The second-order valence-electron chi connectivity index (χ2n) is 3.60. The van der Waals surface area contributed by atoms with Gasteiger partial charge >= 0.3 is 0 Å². The van der Waals surface area contributed by atoms with E-state index in [9.17, 15) is 0 Å². The van der Waals surface area contributed by atoms with Crippen LogP contribution in [0.2, 0.25) is 0 Å². The summed E-state index contributed by atoms with van der Waals surface area (Å²) >= 11 is 0. The van der Waals surface area contributed by atoms with Crippen LogP contribution in [0.1, 0.15) is 13.3 Å². The van der Waals surface area contributed by atoms with Gasteiger partial charge in [-0.3, -0.25) is 0 Å². The molecule has 0 saturated heterocycles. The molecule has 0 saturated carbocycles. The van der Waals surface area contributed by atoms with E-state index in [-0.39, 0.29) is 0 Å². The van der Waals surface area contributed by atoms with E-state index < -0.39 is 0 Å². The number of hydrogen-bond acceptors (Lipinski definition) is 3. The minimum atomic E-state index is 0.827. The van der Waals surface area contributed by atoms with E-state index in [1.807, 2.05) is 0 Å². The fraction of sp³-hybridized carbons (Fsp3) is 1.00. The average Bonchev–Trinajstić information content (AvgIpc) is 2.12. The molecule has 0 heterocycles. The van der Waals surface area contributed by atoms with Crippen molar-refractivity contribution in [2.45, 2.75) is 13.3 Å². The van der Waals surface area contributed by atoms with Crippen LogP contribution in [-0.2, 0) is 4.74 Å². The van der Waals surface area contributed by atoms with Crippen molar-refractivity contribution in [2.75, 3.05) is 54.0 Å². The van der Waals surface area contributed by atoms with E-state index >= 15 is 0 Å². The first-order valence-corrected chi connectivity index (χ1v) is 5.06. The minimum Gasteiger partial charge on any atom is -0.383 e. The Morgan fingerprint density at radius 3 is 1.92 bits per heavy atom. The van der Waals surface area contributed by atoms with Gasteiger partial charge in [-0.15, -0.1) is 0 Å². The normalized spacial score (nSPS) is 11.5. The lowest BCUT2D eigenvalue weighted by Gasteiger charge is -2.21. The van der Waals surface area contributed by atoms with Gasteiger partial charge in [-0.25, -0.2) is 0 Å². The average molecular weight is 188 g/mol. The number of ether oxygens (including phenoxy) is 1. The van der Waals surface area contributed by atoms with Crippen LogP contribution in [-0.4, -0.2) is 63.8 Å². The highest BCUT2D eigenvalue weighted by Crippen LogP contribution is 1.88. The number of hydrogen-bond donors (Lipinski definition) is 0. The molecule has 3 heteroatoms. The molecule has 0 unspecified atom stereocenters. The molecule has 0 bridgehead atoms. The van der Waals surface area contributed by atoms with Gasteiger partial charge in [-0.05, 0) is 27.1 Å². The van der Waals surface area contributed by atoms with Crippen LogP contribution in [0.5, 0.6) is 0 Å². The summed E-state index contributed by atoms with van der Waals surface area (Å²) in [6, 6.07) is 0. The third kappa shape index (κ3) is 8.22. The van der Waals surface area contributed by atoms with Gasteiger partial charge in [0.05, 0.1) is 6.61 Å². The van der Waals surface area contributed by atoms with Gasteiger partial charge in [-0.2, -0.15) is 0 Å². The van der Waals surface area contributed by atoms with Gasteiger partial charge in [0, 0.05) is 26.7 Å². The van der Waals surface area contributed by atoms with Gasteiger partial charge in [0.15, 0.2) is 0 Å². The molecule has 0 fully saturated rings. The Morgan fingerprint density at radius 2 is 1.46 bits per heavy atom. The third-order valence-electron chi connectivity index (χ3n) is 2.15. The van der Waals surface area contributed by atoms with Crippen molar-refractivity contribution >= 4 is 0 Å². The minimum absolute atomic E-state index is 0.827. The SMILES string of the molecule is CCCN(C)CCN(C)CCOC. The molecular weight excluding hydrogens is 164 g/mol. The highest BCUT2D eigenvalue weighted by molar-refractivity contribution is 4.55. The number of nitrogens with zero attached hydrogens (tertiary/aromatic N) is 2. The fourth-order valence-electron chi connectivity index (χ4n) is 1.19. The first-order valence-electron chi connectivity index (χ1n) is 5.06. The summed E-state index contributed by atoms with van der Waals surface area (Å²) < 4.78 is 5.01. The highest BCUT2D eigenvalue weighted by atomic mass is 16.5. The predicted molar refractivity (Wildman–Crippen MR) is 57.2 cm³/mol. The Kier molecular flexibility index (Phi) is 8.40. The topological polar surface area (TPSA) is 15.7 Å². The van der Waals surface area contributed by atoms with E-state index in [0.717, 1.165) is 26.2 Å². The van der Waals surface area contributed by atoms with E-state index in [1.54, 1.807) is 7.11 Å². The van der Waals surface area contributed by atoms with E-state index in [0.29, 0.717) is 0 Å². The van der Waals surface area contributed by atoms with Gasteiger partial charge in [-0.1, -0.05) is 6.92 Å². The molecule has 0 aromatic carbocycles. The summed E-state index contributed by atoms with van der Waals surface area (Å²) in [5.74, 6) is 0. The second kappa shape index (κ2) is 8.48. The van der Waals surface area contributed by atoms with Gasteiger partial charge in [0.2, 0.25) is 0 Å². The summed E-state index contributed by atoms with van der Waals surface area (Å²) in [7, 11) is 6.06. The van der Waals surface area contributed by atoms with Gasteiger partial charge in [0.25, 0.3) is 0 Å². The number of rotatable bonds is 8. The molecule has 0 aliphatic heterocycles. The largest absolute Gasteiger partial charge is 0.383 e. The Balaban J connectivity index is 3.29. The smallest absolute Gasteiger partial charge is 0.0589 e. The Morgan fingerprint density at radius 1 is 0.923 bits per heavy atom. The molecule has 80 valence electrons. The quantitative estimate of drug-likeness (QED) is 0.563. The summed E-state index contributed by atoms with van der Waals surface area (Å²) in [6.07, 6.45) is 1.23. The fourth-order valence-corrected chi connectivity index (χ4v) is 1.19. The lowest BCUT2D eigenvalue weighted by Crippen LogP contribution is -2.32. The van der Waals surface area contributed by atoms with Crippen LogP contribution in [0, 0.1) is 0 Å². The van der Waals surface area contributed by atoms with Crippen molar-refractivity contribution in [3.63, 3.8) is 0 Å². The van der Waals surface area contributed by atoms with E-state index in [4.69, 9.17) is 4.74 Å². The van der Waals surface area contributed by atoms with Crippen LogP contribution < -0.4 is 0 Å². The number of likely N-dealkylation sites (N-methyl/N-ethyl adjacent to an activating group) is 2. The maximum Gasteiger partial charge on any atom is 0.0589 e. The summed E-state index contributed by atoms with van der Waals surface area (Å²) in [5, 5.41) is 0. The lowest BCUT2D eigenvalue weighted by atomic mass is 10.4. The third-order valence-corrected chi connectivity index (χ3v) is 2.15. The summed E-state index contributed by atoms with van der Waals surface area (Å²) in [5.41, 5.74) is 0. The zero-order valence-corrected chi connectivity index (χ0v) is 9.55. The maximum absolute atomic E-state index is 5.01. The molecule has 13 heavy (non-hydrogen) atoms. The molecule has 0 aromatic rings. The number of methoxy groups -OCH3 is 1. The molecule has 0 aromatic heterocycles. The maximum atomic E-state index is 5.01. The van der Waals surface area contributed by atoms with Crippen molar-refractivity contribution < 1.29 is 4.74 Å². The molecule has 0 amide bonds. The molecule has 0 radical (unpaired) electrons. The van der Waals surface area contributed by atoms with Crippen molar-refractivity contribution in [2.24, 2.45) is 0 Å². The lowest BCUT2D eigenvalue weighted by molar-refractivity contribution is 0.154. The predicted octanol–water partition coefficient (Wildman–Crippen LogP) is 0.906. The molecule has 0 aliphatic rings. The Hall–Kier alpha value is -0.120. The molecule has 0 aliphatic carbocycles. The van der Waals surface area contributed by atoms with Crippen LogP contribution in [0.25, 0.3) is 0 Å². The van der Waals surface area contributed by atoms with Crippen LogP contribution >= 0.6 is 0 Å². The summed E-state index contributed by atoms with van der Waals surface area (Å²) in [6.45, 7) is 7.53. The molecular formula is C10H24N2O. The molecule has 0 N–H and O–H groups in total. The second-order valence-corrected chi connectivity index (χ2v) is 3.60. The van der Waals surface area contributed by atoms with Crippen LogP contribution in [0.3, 0.4) is 0 Å². The Labute approximate surface area is 82.7 Å². The van der Waals surface area contributed by atoms with Gasteiger partial charge in [0.1, 0.15) is 0 Å².